The van der Waals surface area contributed by atoms with Crippen molar-refractivity contribution in [3.63, 3.8) is 0 Å². The van der Waals surface area contributed by atoms with E-state index in [1.54, 1.807) is 13.2 Å². The number of nitrogens with zero attached hydrogens (tertiary/aromatic N) is 2. The minimum Gasteiger partial charge on any atom is -0.495 e. The van der Waals surface area contributed by atoms with Gasteiger partial charge in [0.15, 0.2) is 6.10 Å². The van der Waals surface area contributed by atoms with Crippen molar-refractivity contribution in [1.29, 1.82) is 0 Å². The molecule has 1 aromatic carbocycles. The molecule has 3 aliphatic heterocycles. The minimum absolute atomic E-state index is 0.123. The number of para-hydroxylation sites is 1. The topological polar surface area (TPSA) is 99.5 Å². The number of anilines is 1. The largest absolute Gasteiger partial charge is 0.495 e. The minimum atomic E-state index is -1.22. The lowest BCUT2D eigenvalue weighted by Gasteiger charge is -2.59. The second kappa shape index (κ2) is 6.59. The van der Waals surface area contributed by atoms with Crippen molar-refractivity contribution in [2.24, 2.45) is 5.41 Å². The molecule has 5 atom stereocenters. The van der Waals surface area contributed by atoms with Crippen molar-refractivity contribution in [2.45, 2.75) is 55.7 Å². The maximum absolute atomic E-state index is 12.5. The molecule has 1 amide bonds. The SMILES string of the molecule is COC(=O)[C@H](O)[C@]12CCCN3CC[C@]4(c5cccc(OC)c5N(C(=O)O)[C@@H]4CC1)[C@H]32. The van der Waals surface area contributed by atoms with Crippen molar-refractivity contribution in [3.05, 3.63) is 23.8 Å². The number of rotatable bonds is 3. The van der Waals surface area contributed by atoms with Crippen molar-refractivity contribution in [2.75, 3.05) is 32.2 Å². The summed E-state index contributed by atoms with van der Waals surface area (Å²) in [6, 6.07) is 5.35. The maximum Gasteiger partial charge on any atom is 0.412 e. The van der Waals surface area contributed by atoms with Crippen LogP contribution in [0, 0.1) is 5.41 Å². The molecule has 0 unspecified atom stereocenters. The Balaban J connectivity index is 1.74. The molecule has 0 bridgehead atoms. The van der Waals surface area contributed by atoms with E-state index in [0.29, 0.717) is 24.3 Å². The Hall–Kier alpha value is -2.32. The second-order valence-corrected chi connectivity index (χ2v) is 9.05. The lowest BCUT2D eigenvalue weighted by Crippen LogP contribution is -2.69. The van der Waals surface area contributed by atoms with Gasteiger partial charge in [0.2, 0.25) is 0 Å². The molecule has 1 aliphatic carbocycles. The smallest absolute Gasteiger partial charge is 0.412 e. The number of methoxy groups -OCH3 is 2. The van der Waals surface area contributed by atoms with Gasteiger partial charge in [-0.2, -0.15) is 0 Å². The van der Waals surface area contributed by atoms with Gasteiger partial charge in [0.05, 0.1) is 25.9 Å². The summed E-state index contributed by atoms with van der Waals surface area (Å²) in [6.45, 7) is 1.71. The van der Waals surface area contributed by atoms with Crippen LogP contribution in [0.3, 0.4) is 0 Å². The van der Waals surface area contributed by atoms with E-state index in [4.69, 9.17) is 9.47 Å². The number of hydrogen-bond donors (Lipinski definition) is 2. The Morgan fingerprint density at radius 2 is 2.00 bits per heavy atom. The summed E-state index contributed by atoms with van der Waals surface area (Å²) in [4.78, 5) is 28.8. The number of aliphatic hydroxyl groups excluding tert-OH is 1. The number of carbonyl (C=O) groups excluding carboxylic acids is 1. The molecule has 2 N–H and O–H groups in total. The molecule has 0 radical (unpaired) electrons. The number of esters is 1. The molecule has 2 saturated heterocycles. The average molecular weight is 416 g/mol. The Labute approximate surface area is 175 Å². The first-order chi connectivity index (χ1) is 14.4. The van der Waals surface area contributed by atoms with Crippen LogP contribution in [0.1, 0.15) is 37.7 Å². The van der Waals surface area contributed by atoms with Gasteiger partial charge in [0.25, 0.3) is 0 Å². The summed E-state index contributed by atoms with van der Waals surface area (Å²) in [6.07, 6.45) is 1.38. The first-order valence-electron chi connectivity index (χ1n) is 10.6. The van der Waals surface area contributed by atoms with Gasteiger partial charge < -0.3 is 19.7 Å². The highest BCUT2D eigenvalue weighted by atomic mass is 16.5. The van der Waals surface area contributed by atoms with E-state index in [0.717, 1.165) is 37.9 Å². The van der Waals surface area contributed by atoms with E-state index < -0.39 is 29.0 Å². The van der Waals surface area contributed by atoms with Crippen molar-refractivity contribution < 1.29 is 29.3 Å². The van der Waals surface area contributed by atoms with Gasteiger partial charge >= 0.3 is 12.1 Å². The fourth-order valence-corrected chi connectivity index (χ4v) is 7.35. The third-order valence-electron chi connectivity index (χ3n) is 8.22. The monoisotopic (exact) mass is 416 g/mol. The lowest BCUT2D eigenvalue weighted by molar-refractivity contribution is -0.172. The van der Waals surface area contributed by atoms with Crippen LogP contribution in [0.4, 0.5) is 10.5 Å². The van der Waals surface area contributed by atoms with Crippen molar-refractivity contribution >= 4 is 17.7 Å². The van der Waals surface area contributed by atoms with Gasteiger partial charge in [0.1, 0.15) is 5.75 Å². The normalized spacial score (nSPS) is 35.2. The first kappa shape index (κ1) is 19.6. The van der Waals surface area contributed by atoms with Crippen molar-refractivity contribution in [3.8, 4) is 5.75 Å². The highest BCUT2D eigenvalue weighted by molar-refractivity contribution is 5.94. The number of ether oxygens (including phenoxy) is 2. The number of benzene rings is 1. The molecular formula is C22H28N2O6. The van der Waals surface area contributed by atoms with E-state index in [1.807, 2.05) is 12.1 Å². The van der Waals surface area contributed by atoms with Gasteiger partial charge in [-0.1, -0.05) is 12.1 Å². The van der Waals surface area contributed by atoms with Gasteiger partial charge in [-0.3, -0.25) is 9.80 Å². The number of hydrogen-bond acceptors (Lipinski definition) is 6. The number of fused-ring (bicyclic) bond motifs is 1. The number of carbonyl (C=O) groups is 2. The zero-order valence-electron chi connectivity index (χ0n) is 17.3. The number of amides is 1. The maximum atomic E-state index is 12.5. The zero-order valence-corrected chi connectivity index (χ0v) is 17.3. The van der Waals surface area contributed by atoms with E-state index in [9.17, 15) is 19.8 Å². The first-order valence-corrected chi connectivity index (χ1v) is 10.6. The summed E-state index contributed by atoms with van der Waals surface area (Å²) < 4.78 is 10.5. The molecule has 8 nitrogen and oxygen atoms in total. The number of carboxylic acid groups (broad SMARTS) is 1. The molecule has 3 fully saturated rings. The van der Waals surface area contributed by atoms with Crippen LogP contribution < -0.4 is 9.64 Å². The van der Waals surface area contributed by atoms with E-state index in [-0.39, 0.29) is 12.1 Å². The van der Waals surface area contributed by atoms with Crippen LogP contribution >= 0.6 is 0 Å². The predicted molar refractivity (Wildman–Crippen MR) is 108 cm³/mol. The lowest BCUT2D eigenvalue weighted by atomic mass is 9.51. The van der Waals surface area contributed by atoms with E-state index >= 15 is 0 Å². The Morgan fingerprint density at radius 1 is 1.20 bits per heavy atom. The predicted octanol–water partition coefficient (Wildman–Crippen LogP) is 1.98. The third-order valence-corrected chi connectivity index (χ3v) is 8.22. The van der Waals surface area contributed by atoms with Gasteiger partial charge in [-0.15, -0.1) is 0 Å². The fraction of sp³-hybridized carbons (Fsp3) is 0.636. The highest BCUT2D eigenvalue weighted by Gasteiger charge is 2.71. The molecular weight excluding hydrogens is 388 g/mol. The van der Waals surface area contributed by atoms with Gasteiger partial charge in [0, 0.05) is 16.9 Å². The molecule has 1 spiro atoms. The molecule has 8 heteroatoms. The fourth-order valence-electron chi connectivity index (χ4n) is 7.35. The highest BCUT2D eigenvalue weighted by Crippen LogP contribution is 2.66. The quantitative estimate of drug-likeness (QED) is 0.727. The zero-order chi connectivity index (χ0) is 21.3. The summed E-state index contributed by atoms with van der Waals surface area (Å²) in [5.74, 6) is -0.0524. The second-order valence-electron chi connectivity index (χ2n) is 9.05. The molecule has 3 heterocycles. The Kier molecular flexibility index (Phi) is 4.31. The summed E-state index contributed by atoms with van der Waals surface area (Å²) in [7, 11) is 2.86. The van der Waals surface area contributed by atoms with Crippen LogP contribution in [0.5, 0.6) is 5.75 Å². The van der Waals surface area contributed by atoms with Crippen molar-refractivity contribution in [1.82, 2.24) is 4.90 Å². The molecule has 1 saturated carbocycles. The van der Waals surface area contributed by atoms with E-state index in [1.165, 1.54) is 12.0 Å². The van der Waals surface area contributed by atoms with Crippen LogP contribution in [0.2, 0.25) is 0 Å². The molecule has 162 valence electrons. The Morgan fingerprint density at radius 3 is 2.70 bits per heavy atom. The molecule has 5 rings (SSSR count). The number of aliphatic hydroxyl groups is 1. The molecule has 1 aromatic rings. The Bertz CT molecular complexity index is 906. The standard InChI is InChI=1S/C22H28N2O6/c1-29-14-6-3-5-13-16(14)24(20(27)28)15-7-9-21(17(25)18(26)30-2)8-4-11-23-12-10-22(13,15)19(21)23/h3,5-6,15,17,19,25H,4,7-12H2,1-2H3,(H,27,28)/t15-,17+,19-,21+,22-/m1/s1. The van der Waals surface area contributed by atoms with Crippen LogP contribution in [-0.4, -0.2) is 72.7 Å². The molecule has 4 aliphatic rings. The van der Waals surface area contributed by atoms with Crippen LogP contribution in [0.25, 0.3) is 0 Å². The summed E-state index contributed by atoms with van der Waals surface area (Å²) in [5.41, 5.74) is 0.460. The molecule has 0 aromatic heterocycles. The van der Waals surface area contributed by atoms with E-state index in [2.05, 4.69) is 4.90 Å². The molecule has 30 heavy (non-hydrogen) atoms. The average Bonchev–Trinajstić information content (AvgIpc) is 3.30. The van der Waals surface area contributed by atoms with Crippen LogP contribution in [-0.2, 0) is 14.9 Å². The summed E-state index contributed by atoms with van der Waals surface area (Å²) in [5, 5.41) is 21.3. The van der Waals surface area contributed by atoms with Gasteiger partial charge in [-0.25, -0.2) is 9.59 Å². The summed E-state index contributed by atoms with van der Waals surface area (Å²) >= 11 is 0. The van der Waals surface area contributed by atoms with Gasteiger partial charge in [-0.05, 0) is 56.8 Å². The van der Waals surface area contributed by atoms with Crippen LogP contribution in [0.15, 0.2) is 18.2 Å². The third kappa shape index (κ3) is 2.18. The number of piperidine rings is 1.